The zero-order chi connectivity index (χ0) is 15.3. The first kappa shape index (κ1) is 16.3. The lowest BCUT2D eigenvalue weighted by Crippen LogP contribution is -2.21. The van der Waals surface area contributed by atoms with E-state index in [9.17, 15) is 13.2 Å². The van der Waals surface area contributed by atoms with E-state index in [0.717, 1.165) is 10.2 Å². The Morgan fingerprint density at radius 3 is 2.57 bits per heavy atom. The van der Waals surface area contributed by atoms with Gasteiger partial charge in [-0.25, -0.2) is 0 Å². The number of alkyl halides is 3. The molecular weight excluding hydrogens is 367 g/mol. The Hall–Kier alpha value is -1.05. The number of halogens is 4. The van der Waals surface area contributed by atoms with E-state index in [0.29, 0.717) is 18.7 Å². The molecule has 2 rings (SSSR count). The Kier molecular flexibility index (Phi) is 5.66. The molecule has 0 amide bonds. The predicted molar refractivity (Wildman–Crippen MR) is 80.6 cm³/mol. The van der Waals surface area contributed by atoms with Crippen LogP contribution in [0.1, 0.15) is 10.4 Å². The summed E-state index contributed by atoms with van der Waals surface area (Å²) in [7, 11) is 0. The zero-order valence-electron chi connectivity index (χ0n) is 10.9. The molecule has 0 aliphatic heterocycles. The number of hydrogen-bond donors (Lipinski definition) is 1. The molecule has 0 atom stereocenters. The van der Waals surface area contributed by atoms with E-state index in [4.69, 9.17) is 0 Å². The highest BCUT2D eigenvalue weighted by molar-refractivity contribution is 9.11. The summed E-state index contributed by atoms with van der Waals surface area (Å²) in [5.74, 6) is -0.156. The Bertz CT molecular complexity index is 586. The molecule has 0 fully saturated rings. The zero-order valence-corrected chi connectivity index (χ0v) is 13.3. The van der Waals surface area contributed by atoms with Crippen molar-refractivity contribution in [3.05, 3.63) is 50.6 Å². The minimum absolute atomic E-state index is 0.156. The molecule has 1 aromatic heterocycles. The van der Waals surface area contributed by atoms with Gasteiger partial charge in [0.25, 0.3) is 0 Å². The van der Waals surface area contributed by atoms with Crippen LogP contribution in [-0.2, 0) is 13.0 Å². The molecule has 0 spiro atoms. The van der Waals surface area contributed by atoms with Crippen LogP contribution in [0.15, 0.2) is 40.2 Å². The lowest BCUT2D eigenvalue weighted by atomic mass is 10.2. The van der Waals surface area contributed by atoms with Crippen LogP contribution < -0.4 is 10.1 Å². The first-order valence-corrected chi connectivity index (χ1v) is 7.83. The molecule has 1 aromatic carbocycles. The summed E-state index contributed by atoms with van der Waals surface area (Å²) in [4.78, 5) is 1.22. The standard InChI is InChI=1S/C14H13BrF3NOS/c15-13-6-5-11(21-13)7-8-19-9-10-3-1-2-4-12(10)20-14(16,17)18/h1-6,19H,7-9H2. The van der Waals surface area contributed by atoms with Crippen molar-refractivity contribution >= 4 is 27.3 Å². The Labute approximate surface area is 133 Å². The monoisotopic (exact) mass is 379 g/mol. The van der Waals surface area contributed by atoms with Crippen LogP contribution in [0.25, 0.3) is 0 Å². The maximum absolute atomic E-state index is 12.3. The smallest absolute Gasteiger partial charge is 0.405 e. The summed E-state index contributed by atoms with van der Waals surface area (Å²) in [6.07, 6.45) is -3.84. The van der Waals surface area contributed by atoms with E-state index in [1.54, 1.807) is 23.5 Å². The largest absolute Gasteiger partial charge is 0.573 e. The van der Waals surface area contributed by atoms with Gasteiger partial charge in [0.2, 0.25) is 0 Å². The summed E-state index contributed by atoms with van der Waals surface area (Å²) in [6.45, 7) is 1.02. The molecule has 7 heteroatoms. The van der Waals surface area contributed by atoms with E-state index in [1.807, 2.05) is 12.1 Å². The van der Waals surface area contributed by atoms with Crippen molar-refractivity contribution < 1.29 is 17.9 Å². The van der Waals surface area contributed by atoms with E-state index in [1.165, 1.54) is 17.0 Å². The van der Waals surface area contributed by atoms with Gasteiger partial charge in [-0.2, -0.15) is 0 Å². The second kappa shape index (κ2) is 7.29. The first-order chi connectivity index (χ1) is 9.94. The van der Waals surface area contributed by atoms with Crippen molar-refractivity contribution in [2.45, 2.75) is 19.3 Å². The van der Waals surface area contributed by atoms with Crippen molar-refractivity contribution in [1.82, 2.24) is 5.32 Å². The number of benzene rings is 1. The number of hydrogen-bond acceptors (Lipinski definition) is 3. The third kappa shape index (κ3) is 5.68. The Morgan fingerprint density at radius 2 is 1.90 bits per heavy atom. The maximum Gasteiger partial charge on any atom is 0.573 e. The van der Waals surface area contributed by atoms with Crippen LogP contribution in [0.3, 0.4) is 0 Å². The number of para-hydroxylation sites is 1. The predicted octanol–water partition coefficient (Wildman–Crippen LogP) is 4.74. The van der Waals surface area contributed by atoms with Gasteiger partial charge in [0.05, 0.1) is 3.79 Å². The van der Waals surface area contributed by atoms with E-state index >= 15 is 0 Å². The van der Waals surface area contributed by atoms with Crippen molar-refractivity contribution in [2.75, 3.05) is 6.54 Å². The lowest BCUT2D eigenvalue weighted by Gasteiger charge is -2.13. The maximum atomic E-state index is 12.3. The average Bonchev–Trinajstić information content (AvgIpc) is 2.80. The van der Waals surface area contributed by atoms with Crippen molar-refractivity contribution in [3.63, 3.8) is 0 Å². The molecule has 0 radical (unpaired) electrons. The average molecular weight is 380 g/mol. The molecular formula is C14H13BrF3NOS. The number of ether oxygens (including phenoxy) is 1. The van der Waals surface area contributed by atoms with Gasteiger partial charge in [-0.15, -0.1) is 24.5 Å². The molecule has 0 aliphatic rings. The minimum Gasteiger partial charge on any atom is -0.405 e. The molecule has 0 bridgehead atoms. The molecule has 0 saturated heterocycles. The summed E-state index contributed by atoms with van der Waals surface area (Å²) < 4.78 is 41.9. The van der Waals surface area contributed by atoms with Crippen LogP contribution in [0.2, 0.25) is 0 Å². The third-order valence-corrected chi connectivity index (χ3v) is 4.37. The van der Waals surface area contributed by atoms with E-state index in [-0.39, 0.29) is 5.75 Å². The third-order valence-electron chi connectivity index (χ3n) is 2.69. The quantitative estimate of drug-likeness (QED) is 0.731. The highest BCUT2D eigenvalue weighted by Crippen LogP contribution is 2.26. The van der Waals surface area contributed by atoms with Crippen LogP contribution >= 0.6 is 27.3 Å². The fourth-order valence-corrected chi connectivity index (χ4v) is 3.28. The molecule has 0 saturated carbocycles. The van der Waals surface area contributed by atoms with Crippen LogP contribution in [0.5, 0.6) is 5.75 Å². The normalized spacial score (nSPS) is 11.6. The molecule has 1 N–H and O–H groups in total. The second-order valence-electron chi connectivity index (χ2n) is 4.29. The van der Waals surface area contributed by atoms with Crippen LogP contribution in [-0.4, -0.2) is 12.9 Å². The molecule has 2 aromatic rings. The fraction of sp³-hybridized carbons (Fsp3) is 0.286. The highest BCUT2D eigenvalue weighted by Gasteiger charge is 2.31. The highest BCUT2D eigenvalue weighted by atomic mass is 79.9. The van der Waals surface area contributed by atoms with E-state index < -0.39 is 6.36 Å². The van der Waals surface area contributed by atoms with E-state index in [2.05, 4.69) is 26.0 Å². The van der Waals surface area contributed by atoms with Gasteiger partial charge in [0, 0.05) is 23.5 Å². The topological polar surface area (TPSA) is 21.3 Å². The van der Waals surface area contributed by atoms with Gasteiger partial charge < -0.3 is 10.1 Å². The molecule has 21 heavy (non-hydrogen) atoms. The Balaban J connectivity index is 1.85. The SMILES string of the molecule is FC(F)(F)Oc1ccccc1CNCCc1ccc(Br)s1. The molecule has 2 nitrogen and oxygen atoms in total. The number of nitrogens with one attached hydrogen (secondary N) is 1. The molecule has 114 valence electrons. The van der Waals surface area contributed by atoms with Gasteiger partial charge in [-0.05, 0) is 40.5 Å². The molecule has 1 heterocycles. The minimum atomic E-state index is -4.67. The lowest BCUT2D eigenvalue weighted by molar-refractivity contribution is -0.274. The Morgan fingerprint density at radius 1 is 1.14 bits per heavy atom. The first-order valence-electron chi connectivity index (χ1n) is 6.22. The summed E-state index contributed by atoms with van der Waals surface area (Å²) in [6, 6.07) is 10.2. The second-order valence-corrected chi connectivity index (χ2v) is 6.84. The number of rotatable bonds is 6. The van der Waals surface area contributed by atoms with Gasteiger partial charge in [-0.1, -0.05) is 18.2 Å². The van der Waals surface area contributed by atoms with Crippen LogP contribution in [0.4, 0.5) is 13.2 Å². The number of thiophene rings is 1. The van der Waals surface area contributed by atoms with Crippen molar-refractivity contribution in [1.29, 1.82) is 0 Å². The van der Waals surface area contributed by atoms with Gasteiger partial charge in [0.1, 0.15) is 5.75 Å². The molecule has 0 aliphatic carbocycles. The van der Waals surface area contributed by atoms with Crippen LogP contribution in [0, 0.1) is 0 Å². The van der Waals surface area contributed by atoms with Crippen molar-refractivity contribution in [2.24, 2.45) is 0 Å². The molecule has 0 unspecified atom stereocenters. The summed E-state index contributed by atoms with van der Waals surface area (Å²) >= 11 is 5.04. The van der Waals surface area contributed by atoms with Gasteiger partial charge >= 0.3 is 6.36 Å². The van der Waals surface area contributed by atoms with Gasteiger partial charge in [-0.3, -0.25) is 0 Å². The van der Waals surface area contributed by atoms with Crippen molar-refractivity contribution in [3.8, 4) is 5.75 Å². The summed E-state index contributed by atoms with van der Waals surface area (Å²) in [5.41, 5.74) is 0.488. The van der Waals surface area contributed by atoms with Gasteiger partial charge in [0.15, 0.2) is 0 Å². The fourth-order valence-electron chi connectivity index (χ4n) is 1.79. The summed E-state index contributed by atoms with van der Waals surface area (Å²) in [5, 5.41) is 3.13.